The zero-order chi connectivity index (χ0) is 29.9. The van der Waals surface area contributed by atoms with Gasteiger partial charge >= 0.3 is 0 Å². The molecule has 0 saturated carbocycles. The molecule has 1 aromatic heterocycles. The Morgan fingerprint density at radius 1 is 1.05 bits per heavy atom. The van der Waals surface area contributed by atoms with Crippen LogP contribution in [0.4, 0.5) is 0 Å². The highest BCUT2D eigenvalue weighted by Crippen LogP contribution is 2.30. The number of amides is 3. The maximum absolute atomic E-state index is 13.8. The Bertz CT molecular complexity index is 1540. The molecule has 1 saturated heterocycles. The average Bonchev–Trinajstić information content (AvgIpc) is 3.50. The van der Waals surface area contributed by atoms with E-state index in [2.05, 4.69) is 15.6 Å². The summed E-state index contributed by atoms with van der Waals surface area (Å²) < 4.78 is 23.0. The van der Waals surface area contributed by atoms with Gasteiger partial charge in [0.2, 0.25) is 5.88 Å². The molecule has 3 aliphatic heterocycles. The number of ether oxygens (including phenoxy) is 4. The monoisotopic (exact) mass is 586 g/mol. The Kier molecular flexibility index (Phi) is 8.04. The topological polar surface area (TPSA) is 128 Å². The lowest BCUT2D eigenvalue weighted by Crippen LogP contribution is -2.58. The molecule has 43 heavy (non-hydrogen) atoms. The zero-order valence-electron chi connectivity index (χ0n) is 24.2. The van der Waals surface area contributed by atoms with E-state index in [0.29, 0.717) is 48.0 Å². The predicted molar refractivity (Wildman–Crippen MR) is 156 cm³/mol. The van der Waals surface area contributed by atoms with E-state index in [9.17, 15) is 14.4 Å². The second kappa shape index (κ2) is 12.2. The van der Waals surface area contributed by atoms with Crippen molar-refractivity contribution in [2.75, 3.05) is 33.9 Å². The van der Waals surface area contributed by atoms with Crippen LogP contribution in [0.2, 0.25) is 0 Å². The molecule has 1 fully saturated rings. The van der Waals surface area contributed by atoms with Crippen LogP contribution in [0.15, 0.2) is 48.5 Å². The summed E-state index contributed by atoms with van der Waals surface area (Å²) >= 11 is 0. The van der Waals surface area contributed by atoms with Gasteiger partial charge in [-0.15, -0.1) is 0 Å². The summed E-state index contributed by atoms with van der Waals surface area (Å²) in [5.74, 6) is 0.725. The summed E-state index contributed by atoms with van der Waals surface area (Å²) in [5.41, 5.74) is 3.70. The highest BCUT2D eigenvalue weighted by molar-refractivity contribution is 5.97. The number of benzene rings is 2. The van der Waals surface area contributed by atoms with E-state index in [1.807, 2.05) is 30.3 Å². The first-order valence-electron chi connectivity index (χ1n) is 14.4. The van der Waals surface area contributed by atoms with Crippen LogP contribution in [0.3, 0.4) is 0 Å². The molecule has 4 aliphatic rings. The number of nitrogens with one attached hydrogen (secondary N) is 2. The number of nitrogens with zero attached hydrogens (tertiary/aromatic N) is 2. The van der Waals surface area contributed by atoms with Gasteiger partial charge < -0.3 is 34.5 Å². The third-order valence-electron chi connectivity index (χ3n) is 8.08. The molecule has 3 amide bonds. The number of fused-ring (bicyclic) bond motifs is 8. The van der Waals surface area contributed by atoms with Crippen molar-refractivity contribution in [2.24, 2.45) is 0 Å². The minimum absolute atomic E-state index is 0.197. The fraction of sp³-hybridized carbons (Fsp3) is 0.375. The Morgan fingerprint density at radius 3 is 2.67 bits per heavy atom. The van der Waals surface area contributed by atoms with Crippen molar-refractivity contribution in [3.8, 4) is 23.1 Å². The van der Waals surface area contributed by atoms with E-state index in [1.54, 1.807) is 23.1 Å². The fourth-order valence-electron chi connectivity index (χ4n) is 5.76. The van der Waals surface area contributed by atoms with Gasteiger partial charge in [0.15, 0.2) is 18.1 Å². The SMILES string of the molecule is COc1ccc2cc1OCC(=O)NCc1ccc(cc1)O[C@@H]1CCN(C(=O)c3cc4c(nc3OC)CCC4)C[C@@H]1NC2=O. The number of hydrogen-bond donors (Lipinski definition) is 2. The minimum Gasteiger partial charge on any atom is -0.493 e. The van der Waals surface area contributed by atoms with Crippen LogP contribution in [0.25, 0.3) is 0 Å². The Labute approximate surface area is 249 Å². The fourth-order valence-corrected chi connectivity index (χ4v) is 5.76. The highest BCUT2D eigenvalue weighted by atomic mass is 16.5. The first-order chi connectivity index (χ1) is 20.9. The number of likely N-dealkylation sites (tertiary alicyclic amines) is 1. The van der Waals surface area contributed by atoms with E-state index in [0.717, 1.165) is 36.1 Å². The Balaban J connectivity index is 1.30. The molecular formula is C32H34N4O7. The van der Waals surface area contributed by atoms with E-state index in [-0.39, 0.29) is 36.6 Å². The minimum atomic E-state index is -0.524. The van der Waals surface area contributed by atoms with E-state index < -0.39 is 12.1 Å². The molecule has 3 aromatic rings. The molecule has 0 unspecified atom stereocenters. The molecule has 0 spiro atoms. The van der Waals surface area contributed by atoms with Gasteiger partial charge in [-0.2, -0.15) is 0 Å². The zero-order valence-corrected chi connectivity index (χ0v) is 24.2. The van der Waals surface area contributed by atoms with Gasteiger partial charge in [0.1, 0.15) is 17.4 Å². The van der Waals surface area contributed by atoms with Crippen LogP contribution in [0.5, 0.6) is 23.1 Å². The number of aromatic nitrogens is 1. The lowest BCUT2D eigenvalue weighted by molar-refractivity contribution is -0.123. The third kappa shape index (κ3) is 6.06. The number of pyridine rings is 1. The van der Waals surface area contributed by atoms with Gasteiger partial charge in [-0.3, -0.25) is 14.4 Å². The lowest BCUT2D eigenvalue weighted by atomic mass is 9.99. The van der Waals surface area contributed by atoms with Gasteiger partial charge in [0.05, 0.1) is 20.3 Å². The first kappa shape index (κ1) is 28.3. The van der Waals surface area contributed by atoms with Gasteiger partial charge in [-0.25, -0.2) is 4.98 Å². The number of rotatable bonds is 3. The van der Waals surface area contributed by atoms with Crippen molar-refractivity contribution in [3.63, 3.8) is 0 Å². The van der Waals surface area contributed by atoms with Crippen LogP contribution in [0, 0.1) is 0 Å². The van der Waals surface area contributed by atoms with Crippen molar-refractivity contribution in [2.45, 2.75) is 44.4 Å². The van der Waals surface area contributed by atoms with Crippen LogP contribution in [0.1, 0.15) is 50.4 Å². The van der Waals surface area contributed by atoms with E-state index in [1.165, 1.54) is 14.2 Å². The normalized spacial score (nSPS) is 20.0. The first-order valence-corrected chi connectivity index (χ1v) is 14.4. The molecule has 7 rings (SSSR count). The number of aryl methyl sites for hydroxylation is 2. The summed E-state index contributed by atoms with van der Waals surface area (Å²) in [6.45, 7) is 0.738. The summed E-state index contributed by atoms with van der Waals surface area (Å²) in [4.78, 5) is 46.1. The van der Waals surface area contributed by atoms with Crippen molar-refractivity contribution in [1.29, 1.82) is 0 Å². The number of carbonyl (C=O) groups excluding carboxylic acids is 3. The van der Waals surface area contributed by atoms with Crippen molar-refractivity contribution in [3.05, 3.63) is 76.5 Å². The molecule has 4 heterocycles. The van der Waals surface area contributed by atoms with Gasteiger partial charge in [-0.1, -0.05) is 12.1 Å². The van der Waals surface area contributed by atoms with Crippen LogP contribution >= 0.6 is 0 Å². The summed E-state index contributed by atoms with van der Waals surface area (Å²) in [5, 5.41) is 5.91. The molecule has 11 nitrogen and oxygen atoms in total. The molecule has 1 aliphatic carbocycles. The summed E-state index contributed by atoms with van der Waals surface area (Å²) in [7, 11) is 3.01. The second-order valence-electron chi connectivity index (χ2n) is 10.9. The van der Waals surface area contributed by atoms with Crippen LogP contribution < -0.4 is 29.6 Å². The number of piperidine rings is 1. The summed E-state index contributed by atoms with van der Waals surface area (Å²) in [6, 6.07) is 13.6. The van der Waals surface area contributed by atoms with Crippen LogP contribution in [-0.2, 0) is 24.2 Å². The highest BCUT2D eigenvalue weighted by Gasteiger charge is 2.36. The molecule has 4 bridgehead atoms. The second-order valence-corrected chi connectivity index (χ2v) is 10.9. The largest absolute Gasteiger partial charge is 0.493 e. The predicted octanol–water partition coefficient (Wildman–Crippen LogP) is 2.69. The lowest BCUT2D eigenvalue weighted by Gasteiger charge is -2.39. The molecule has 0 radical (unpaired) electrons. The van der Waals surface area contributed by atoms with Crippen molar-refractivity contribution < 1.29 is 33.3 Å². The standard InChI is InChI=1S/C32H34N4O7/c1-40-27-11-8-21-15-28(27)42-18-29(37)33-16-19-6-9-22(10-7-19)43-26-12-13-36(17-25(26)34-30(21)38)32(39)23-14-20-4-3-5-24(20)35-31(23)41-2/h6-11,14-15,25-26H,3-5,12-13,16-18H2,1-2H3,(H,33,37)(H,34,38)/t25-,26+/m0/s1. The number of methoxy groups -OCH3 is 2. The maximum Gasteiger partial charge on any atom is 0.259 e. The average molecular weight is 587 g/mol. The summed E-state index contributed by atoms with van der Waals surface area (Å²) in [6.07, 6.45) is 2.86. The quantitative estimate of drug-likeness (QED) is 0.480. The van der Waals surface area contributed by atoms with Gasteiger partial charge in [-0.05, 0) is 66.8 Å². The molecule has 2 aromatic carbocycles. The molecule has 11 heteroatoms. The Morgan fingerprint density at radius 2 is 1.88 bits per heavy atom. The van der Waals surface area contributed by atoms with Crippen molar-refractivity contribution >= 4 is 17.7 Å². The van der Waals surface area contributed by atoms with Gasteiger partial charge in [0, 0.05) is 37.3 Å². The molecule has 224 valence electrons. The van der Waals surface area contributed by atoms with Crippen molar-refractivity contribution in [1.82, 2.24) is 20.5 Å². The molecule has 2 N–H and O–H groups in total. The Hall–Kier alpha value is -4.80. The molecule has 2 atom stereocenters. The molecular weight excluding hydrogens is 552 g/mol. The number of carbonyl (C=O) groups is 3. The van der Waals surface area contributed by atoms with Gasteiger partial charge in [0.25, 0.3) is 17.7 Å². The van der Waals surface area contributed by atoms with E-state index in [4.69, 9.17) is 18.9 Å². The third-order valence-corrected chi connectivity index (χ3v) is 8.08. The maximum atomic E-state index is 13.8. The number of hydrogen-bond acceptors (Lipinski definition) is 8. The van der Waals surface area contributed by atoms with E-state index >= 15 is 0 Å². The smallest absolute Gasteiger partial charge is 0.259 e. The van der Waals surface area contributed by atoms with Crippen LogP contribution in [-0.4, -0.2) is 73.7 Å².